The summed E-state index contributed by atoms with van der Waals surface area (Å²) < 4.78 is 28.7. The number of anilines is 3. The number of nitro benzene ring substituents is 1. The van der Waals surface area contributed by atoms with Gasteiger partial charge in [-0.25, -0.2) is 23.2 Å². The van der Waals surface area contributed by atoms with Crippen molar-refractivity contribution in [2.45, 2.75) is 23.8 Å². The molecular weight excluding hydrogens is 530 g/mol. The minimum Gasteiger partial charge on any atom is -0.410 e. The molecule has 4 rings (SSSR count). The number of ether oxygens (including phenoxy) is 1. The molecular formula is C24H25N7O7S. The van der Waals surface area contributed by atoms with Gasteiger partial charge < -0.3 is 26.0 Å². The number of aromatic nitrogens is 2. The number of hydrogen-bond acceptors (Lipinski definition) is 11. The van der Waals surface area contributed by atoms with Crippen molar-refractivity contribution in [1.82, 2.24) is 15.3 Å². The van der Waals surface area contributed by atoms with Gasteiger partial charge in [-0.1, -0.05) is 0 Å². The third kappa shape index (κ3) is 6.95. The molecule has 15 heteroatoms. The van der Waals surface area contributed by atoms with E-state index in [0.29, 0.717) is 31.0 Å². The number of amides is 2. The van der Waals surface area contributed by atoms with Crippen molar-refractivity contribution in [2.75, 3.05) is 29.6 Å². The number of nitro groups is 1. The predicted octanol–water partition coefficient (Wildman–Crippen LogP) is 2.39. The van der Waals surface area contributed by atoms with Crippen LogP contribution in [-0.4, -0.2) is 60.7 Å². The molecule has 39 heavy (non-hydrogen) atoms. The van der Waals surface area contributed by atoms with E-state index in [1.54, 1.807) is 0 Å². The maximum atomic E-state index is 12.4. The second-order valence-electron chi connectivity index (χ2n) is 8.78. The summed E-state index contributed by atoms with van der Waals surface area (Å²) >= 11 is 0. The van der Waals surface area contributed by atoms with Crippen LogP contribution in [0, 0.1) is 10.1 Å². The highest BCUT2D eigenvalue weighted by molar-refractivity contribution is 7.90. The van der Waals surface area contributed by atoms with Gasteiger partial charge in [0.25, 0.3) is 11.6 Å². The van der Waals surface area contributed by atoms with Gasteiger partial charge in [-0.05, 0) is 49.2 Å². The Bertz CT molecular complexity index is 1500. The van der Waals surface area contributed by atoms with Crippen molar-refractivity contribution in [1.29, 1.82) is 0 Å². The molecule has 1 atom stereocenters. The lowest BCUT2D eigenvalue weighted by Crippen LogP contribution is -2.48. The SMILES string of the molecule is CS(=O)(=O)c1ccc(Nc2nc(N3CCC[C@@H](NC(=O)Oc4ccc([N+](=O)[O-])cc4)C3)cnc2C(N)=O)cc1. The number of rotatable bonds is 8. The van der Waals surface area contributed by atoms with E-state index >= 15 is 0 Å². The number of primary amides is 1. The van der Waals surface area contributed by atoms with Gasteiger partial charge in [-0.3, -0.25) is 14.9 Å². The number of piperidine rings is 1. The maximum absolute atomic E-state index is 12.4. The topological polar surface area (TPSA) is 200 Å². The number of carbonyl (C=O) groups excluding carboxylic acids is 2. The molecule has 2 aromatic carbocycles. The highest BCUT2D eigenvalue weighted by atomic mass is 32.2. The van der Waals surface area contributed by atoms with Crippen molar-refractivity contribution in [3.05, 3.63) is 70.5 Å². The van der Waals surface area contributed by atoms with E-state index in [1.807, 2.05) is 4.90 Å². The molecule has 1 aromatic heterocycles. The lowest BCUT2D eigenvalue weighted by Gasteiger charge is -2.33. The maximum Gasteiger partial charge on any atom is 0.412 e. The highest BCUT2D eigenvalue weighted by Crippen LogP contribution is 2.24. The summed E-state index contributed by atoms with van der Waals surface area (Å²) in [5, 5.41) is 16.5. The molecule has 2 heterocycles. The molecule has 0 aliphatic carbocycles. The molecule has 3 aromatic rings. The van der Waals surface area contributed by atoms with Crippen LogP contribution in [0.2, 0.25) is 0 Å². The smallest absolute Gasteiger partial charge is 0.410 e. The highest BCUT2D eigenvalue weighted by Gasteiger charge is 2.25. The summed E-state index contributed by atoms with van der Waals surface area (Å²) in [5.74, 6) is -0.0966. The number of benzene rings is 2. The molecule has 4 N–H and O–H groups in total. The Balaban J connectivity index is 1.44. The Kier molecular flexibility index (Phi) is 7.90. The third-order valence-electron chi connectivity index (χ3n) is 5.86. The van der Waals surface area contributed by atoms with Crippen LogP contribution in [0.4, 0.5) is 27.8 Å². The first kappa shape index (κ1) is 27.3. The molecule has 1 aliphatic heterocycles. The number of nitrogens with one attached hydrogen (secondary N) is 2. The molecule has 1 aliphatic rings. The predicted molar refractivity (Wildman–Crippen MR) is 141 cm³/mol. The van der Waals surface area contributed by atoms with Crippen LogP contribution in [0.5, 0.6) is 5.75 Å². The lowest BCUT2D eigenvalue weighted by atomic mass is 10.1. The fourth-order valence-electron chi connectivity index (χ4n) is 3.96. The summed E-state index contributed by atoms with van der Waals surface area (Å²) in [5.41, 5.74) is 5.74. The van der Waals surface area contributed by atoms with Crippen molar-refractivity contribution >= 4 is 44.8 Å². The Hall–Kier alpha value is -4.79. The molecule has 1 saturated heterocycles. The molecule has 2 amide bonds. The Morgan fingerprint density at radius 1 is 1.15 bits per heavy atom. The van der Waals surface area contributed by atoms with E-state index in [-0.39, 0.29) is 33.9 Å². The molecule has 1 fully saturated rings. The van der Waals surface area contributed by atoms with Crippen molar-refractivity contribution in [3.63, 3.8) is 0 Å². The van der Waals surface area contributed by atoms with Crippen LogP contribution in [0.3, 0.4) is 0 Å². The molecule has 0 unspecified atom stereocenters. The van der Waals surface area contributed by atoms with E-state index in [2.05, 4.69) is 20.6 Å². The average molecular weight is 556 g/mol. The average Bonchev–Trinajstić information content (AvgIpc) is 2.88. The zero-order chi connectivity index (χ0) is 28.2. The number of carbonyl (C=O) groups is 2. The Morgan fingerprint density at radius 2 is 1.85 bits per heavy atom. The number of hydrogen-bond donors (Lipinski definition) is 3. The van der Waals surface area contributed by atoms with E-state index in [1.165, 1.54) is 54.7 Å². The van der Waals surface area contributed by atoms with Gasteiger partial charge in [0.2, 0.25) is 0 Å². The second kappa shape index (κ2) is 11.3. The van der Waals surface area contributed by atoms with Gasteiger partial charge in [-0.2, -0.15) is 0 Å². The van der Waals surface area contributed by atoms with Gasteiger partial charge >= 0.3 is 6.09 Å². The van der Waals surface area contributed by atoms with Gasteiger partial charge in [0, 0.05) is 43.2 Å². The zero-order valence-corrected chi connectivity index (χ0v) is 21.6. The molecule has 0 spiro atoms. The summed E-state index contributed by atoms with van der Waals surface area (Å²) in [6.07, 6.45) is 3.21. The number of non-ortho nitro benzene ring substituents is 1. The van der Waals surface area contributed by atoms with E-state index in [9.17, 15) is 28.1 Å². The Labute approximate surface area is 223 Å². The number of nitrogens with two attached hydrogens (primary N) is 1. The van der Waals surface area contributed by atoms with Crippen LogP contribution < -0.4 is 26.0 Å². The van der Waals surface area contributed by atoms with Crippen LogP contribution in [0.1, 0.15) is 23.3 Å². The van der Waals surface area contributed by atoms with E-state index in [0.717, 1.165) is 12.7 Å². The normalized spacial score (nSPS) is 15.3. The first-order chi connectivity index (χ1) is 18.5. The zero-order valence-electron chi connectivity index (χ0n) is 20.7. The fourth-order valence-corrected chi connectivity index (χ4v) is 4.59. The second-order valence-corrected chi connectivity index (χ2v) is 10.8. The first-order valence-electron chi connectivity index (χ1n) is 11.7. The van der Waals surface area contributed by atoms with Crippen LogP contribution in [0.15, 0.2) is 59.6 Å². The van der Waals surface area contributed by atoms with Gasteiger partial charge in [0.05, 0.1) is 16.0 Å². The summed E-state index contributed by atoms with van der Waals surface area (Å²) in [4.78, 5) is 45.3. The minimum absolute atomic E-state index is 0.0932. The minimum atomic E-state index is -3.37. The fraction of sp³-hybridized carbons (Fsp3) is 0.250. The first-order valence-corrected chi connectivity index (χ1v) is 13.6. The molecule has 0 radical (unpaired) electrons. The van der Waals surface area contributed by atoms with Gasteiger partial charge in [0.15, 0.2) is 21.3 Å². The molecule has 0 bridgehead atoms. The quantitative estimate of drug-likeness (QED) is 0.272. The summed E-state index contributed by atoms with van der Waals surface area (Å²) in [7, 11) is -3.37. The van der Waals surface area contributed by atoms with Gasteiger partial charge in [-0.15, -0.1) is 0 Å². The van der Waals surface area contributed by atoms with Crippen LogP contribution >= 0.6 is 0 Å². The molecule has 14 nitrogen and oxygen atoms in total. The summed E-state index contributed by atoms with van der Waals surface area (Å²) in [6.45, 7) is 0.991. The Morgan fingerprint density at radius 3 is 2.46 bits per heavy atom. The van der Waals surface area contributed by atoms with E-state index < -0.39 is 26.8 Å². The largest absolute Gasteiger partial charge is 0.412 e. The van der Waals surface area contributed by atoms with Crippen molar-refractivity contribution in [3.8, 4) is 5.75 Å². The van der Waals surface area contributed by atoms with Crippen LogP contribution in [0.25, 0.3) is 0 Å². The monoisotopic (exact) mass is 555 g/mol. The molecule has 204 valence electrons. The number of sulfone groups is 1. The molecule has 0 saturated carbocycles. The van der Waals surface area contributed by atoms with Gasteiger partial charge in [0.1, 0.15) is 11.6 Å². The lowest BCUT2D eigenvalue weighted by molar-refractivity contribution is -0.384. The van der Waals surface area contributed by atoms with Crippen molar-refractivity contribution in [2.24, 2.45) is 5.73 Å². The number of nitrogens with zero attached hydrogens (tertiary/aromatic N) is 4. The third-order valence-corrected chi connectivity index (χ3v) is 6.99. The van der Waals surface area contributed by atoms with E-state index in [4.69, 9.17) is 10.5 Å². The van der Waals surface area contributed by atoms with Crippen molar-refractivity contribution < 1.29 is 27.7 Å². The summed E-state index contributed by atoms with van der Waals surface area (Å²) in [6, 6.07) is 10.8. The van der Waals surface area contributed by atoms with Crippen LogP contribution in [-0.2, 0) is 9.84 Å². The standard InChI is InChI=1S/C24H25N7O7S/c1-39(36,37)19-10-4-15(5-11-19)27-23-21(22(25)32)26-13-20(29-23)30-12-2-3-16(14-30)28-24(33)38-18-8-6-17(7-9-18)31(34)35/h4-11,13,16H,2-3,12,14H2,1H3,(H2,25,32)(H,27,29)(H,28,33)/t16-/m1/s1.